The van der Waals surface area contributed by atoms with Crippen molar-refractivity contribution in [3.05, 3.63) is 104 Å². The number of carbonyl (C=O) groups excluding carboxylic acids is 3. The number of carbonyl (C=O) groups is 3. The molecule has 11 heteroatoms. The molecule has 2 N–H and O–H groups in total. The van der Waals surface area contributed by atoms with Gasteiger partial charge in [0.15, 0.2) is 6.61 Å². The molecule has 2 aliphatic heterocycles. The molecule has 8 nitrogen and oxygen atoms in total. The summed E-state index contributed by atoms with van der Waals surface area (Å²) in [5, 5.41) is 4.29. The lowest BCUT2D eigenvalue weighted by Gasteiger charge is -2.43. The Kier molecular flexibility index (Phi) is 6.69. The van der Waals surface area contributed by atoms with E-state index < -0.39 is 5.92 Å². The van der Waals surface area contributed by atoms with Crippen LogP contribution < -0.4 is 19.8 Å². The first-order valence-corrected chi connectivity index (χ1v) is 16.6. The molecule has 222 valence electrons. The van der Waals surface area contributed by atoms with Crippen molar-refractivity contribution in [2.45, 2.75) is 22.6 Å². The Morgan fingerprint density at radius 1 is 0.955 bits per heavy atom. The fraction of sp³-hybridized carbons (Fsp3) is 0.273. The van der Waals surface area contributed by atoms with Crippen molar-refractivity contribution in [3.8, 4) is 5.75 Å². The van der Waals surface area contributed by atoms with Crippen LogP contribution in [0, 0.1) is 29.6 Å². The zero-order valence-corrected chi connectivity index (χ0v) is 25.5. The van der Waals surface area contributed by atoms with Gasteiger partial charge in [-0.3, -0.25) is 24.1 Å². The van der Waals surface area contributed by atoms with Gasteiger partial charge >= 0.3 is 4.87 Å². The normalized spacial score (nSPS) is 28.0. The lowest BCUT2D eigenvalue weighted by molar-refractivity contribution is -0.123. The molecular formula is C33H26ClN3O5S2. The van der Waals surface area contributed by atoms with Crippen molar-refractivity contribution >= 4 is 63.8 Å². The van der Waals surface area contributed by atoms with E-state index in [0.717, 1.165) is 21.9 Å². The number of rotatable bonds is 6. The summed E-state index contributed by atoms with van der Waals surface area (Å²) < 4.78 is 5.91. The first-order chi connectivity index (χ1) is 21.4. The molecule has 2 aliphatic carbocycles. The summed E-state index contributed by atoms with van der Waals surface area (Å²) in [5.41, 5.74) is 2.21. The maximum Gasteiger partial charge on any atom is 0.305 e. The minimum Gasteiger partial charge on any atom is -0.484 e. The maximum absolute atomic E-state index is 13.9. The number of aromatic nitrogens is 1. The van der Waals surface area contributed by atoms with Crippen LogP contribution in [0.15, 0.2) is 88.7 Å². The summed E-state index contributed by atoms with van der Waals surface area (Å²) >= 11 is 8.94. The molecule has 2 saturated carbocycles. The molecule has 44 heavy (non-hydrogen) atoms. The van der Waals surface area contributed by atoms with Crippen LogP contribution in [0.25, 0.3) is 0 Å². The molecule has 8 rings (SSSR count). The molecule has 4 aromatic rings. The molecule has 3 heterocycles. The summed E-state index contributed by atoms with van der Waals surface area (Å²) in [6.07, 6.45) is 0.801. The highest BCUT2D eigenvalue weighted by Gasteiger charge is 2.69. The number of imide groups is 1. The van der Waals surface area contributed by atoms with Gasteiger partial charge < -0.3 is 15.0 Å². The molecule has 3 amide bonds. The molecule has 0 radical (unpaired) electrons. The Labute approximate surface area is 265 Å². The van der Waals surface area contributed by atoms with E-state index in [-0.39, 0.29) is 64.0 Å². The number of thiazole rings is 1. The molecule has 1 saturated heterocycles. The van der Waals surface area contributed by atoms with Gasteiger partial charge in [0.2, 0.25) is 11.8 Å². The van der Waals surface area contributed by atoms with Gasteiger partial charge in [0.1, 0.15) is 5.75 Å². The topological polar surface area (TPSA) is 109 Å². The Morgan fingerprint density at radius 3 is 2.48 bits per heavy atom. The van der Waals surface area contributed by atoms with Gasteiger partial charge in [-0.05, 0) is 78.3 Å². The van der Waals surface area contributed by atoms with Crippen LogP contribution in [0.2, 0.25) is 5.02 Å². The molecular weight excluding hydrogens is 618 g/mol. The quantitative estimate of drug-likeness (QED) is 0.258. The largest absolute Gasteiger partial charge is 0.484 e. The molecule has 3 fully saturated rings. The summed E-state index contributed by atoms with van der Waals surface area (Å²) in [5.74, 6) is -0.850. The summed E-state index contributed by atoms with van der Waals surface area (Å²) in [6, 6.07) is 23.7. The van der Waals surface area contributed by atoms with E-state index in [9.17, 15) is 19.2 Å². The average Bonchev–Trinajstić information content (AvgIpc) is 3.76. The Balaban J connectivity index is 1.10. The molecule has 6 unspecified atom stereocenters. The van der Waals surface area contributed by atoms with Crippen LogP contribution in [0.4, 0.5) is 11.4 Å². The van der Waals surface area contributed by atoms with Crippen LogP contribution in [-0.2, 0) is 14.4 Å². The number of para-hydroxylation sites is 1. The molecule has 4 aliphatic rings. The van der Waals surface area contributed by atoms with Crippen molar-refractivity contribution in [2.75, 3.05) is 16.8 Å². The fourth-order valence-corrected chi connectivity index (χ4v) is 10.9. The number of fused-ring (bicyclic) bond motifs is 9. The smallest absolute Gasteiger partial charge is 0.305 e. The van der Waals surface area contributed by atoms with Gasteiger partial charge in [-0.1, -0.05) is 53.3 Å². The van der Waals surface area contributed by atoms with Gasteiger partial charge in [0, 0.05) is 26.8 Å². The van der Waals surface area contributed by atoms with Gasteiger partial charge in [0.05, 0.1) is 22.5 Å². The zero-order chi connectivity index (χ0) is 30.1. The van der Waals surface area contributed by atoms with Gasteiger partial charge in [-0.2, -0.15) is 0 Å². The van der Waals surface area contributed by atoms with Crippen molar-refractivity contribution < 1.29 is 19.1 Å². The van der Waals surface area contributed by atoms with Gasteiger partial charge in [-0.15, -0.1) is 11.8 Å². The molecule has 3 aromatic carbocycles. The second kappa shape index (κ2) is 10.6. The lowest BCUT2D eigenvalue weighted by Crippen LogP contribution is -2.42. The number of nitrogens with one attached hydrogen (secondary N) is 2. The first kappa shape index (κ1) is 27.7. The number of benzene rings is 3. The number of halogens is 1. The zero-order valence-electron chi connectivity index (χ0n) is 23.1. The minimum absolute atomic E-state index is 0.00664. The van der Waals surface area contributed by atoms with E-state index >= 15 is 0 Å². The fourth-order valence-electron chi connectivity index (χ4n) is 7.90. The van der Waals surface area contributed by atoms with Crippen LogP contribution in [0.1, 0.15) is 22.8 Å². The number of amides is 3. The van der Waals surface area contributed by atoms with Crippen molar-refractivity contribution in [1.29, 1.82) is 0 Å². The van der Waals surface area contributed by atoms with E-state index in [1.165, 1.54) is 16.2 Å². The second-order valence-electron chi connectivity index (χ2n) is 11.7. The number of hydrogen-bond acceptors (Lipinski definition) is 7. The standard InChI is InChI=1S/C33H26ClN3O5S2/c34-17-9-11-19(12-10-17)37-31(39)26-21-14-22(27(26)32(37)40)28-25(21)24(29-30(43-28)36-33(41)44-29)16-5-4-8-20(13-16)42-15-23(38)35-18-6-2-1-3-7-18/h1-13,21-22,24-28H,14-15H2,(H,35,38)(H,36,41)/t21?,22?,24-,25?,26?,27?,28?/m1/s1. The van der Waals surface area contributed by atoms with E-state index in [0.29, 0.717) is 22.1 Å². The van der Waals surface area contributed by atoms with E-state index in [2.05, 4.69) is 10.3 Å². The van der Waals surface area contributed by atoms with Crippen LogP contribution in [0.3, 0.4) is 0 Å². The minimum atomic E-state index is -0.397. The number of aromatic amines is 1. The predicted octanol–water partition coefficient (Wildman–Crippen LogP) is 5.79. The molecule has 2 bridgehead atoms. The van der Waals surface area contributed by atoms with Crippen LogP contribution in [0.5, 0.6) is 5.75 Å². The van der Waals surface area contributed by atoms with Crippen LogP contribution in [-0.4, -0.2) is 34.6 Å². The third-order valence-corrected chi connectivity index (χ3v) is 12.3. The molecule has 7 atom stereocenters. The van der Waals surface area contributed by atoms with Crippen molar-refractivity contribution in [2.24, 2.45) is 29.6 Å². The highest BCUT2D eigenvalue weighted by molar-refractivity contribution is 8.00. The van der Waals surface area contributed by atoms with E-state index in [4.69, 9.17) is 16.3 Å². The third-order valence-electron chi connectivity index (χ3n) is 9.45. The number of nitrogens with zero attached hydrogens (tertiary/aromatic N) is 1. The number of anilines is 2. The third kappa shape index (κ3) is 4.42. The van der Waals surface area contributed by atoms with Gasteiger partial charge in [-0.25, -0.2) is 0 Å². The Hall–Kier alpha value is -3.86. The number of thioether (sulfide) groups is 1. The Morgan fingerprint density at radius 2 is 1.70 bits per heavy atom. The first-order valence-electron chi connectivity index (χ1n) is 14.5. The SMILES string of the molecule is O=C(COc1cccc([C@H]2c3sc(=O)[nH]c3SC3C4CC(C5C(=O)N(c6ccc(Cl)cc6)C(=O)C45)C32)c1)Nc1ccccc1. The van der Waals surface area contributed by atoms with E-state index in [1.807, 2.05) is 54.6 Å². The van der Waals surface area contributed by atoms with Gasteiger partial charge in [0.25, 0.3) is 5.91 Å². The Bertz CT molecular complexity index is 1860. The average molecular weight is 644 g/mol. The summed E-state index contributed by atoms with van der Waals surface area (Å²) in [7, 11) is 0. The van der Waals surface area contributed by atoms with Crippen molar-refractivity contribution in [1.82, 2.24) is 4.98 Å². The van der Waals surface area contributed by atoms with E-state index in [1.54, 1.807) is 36.0 Å². The van der Waals surface area contributed by atoms with Crippen LogP contribution >= 0.6 is 34.7 Å². The number of ether oxygens (including phenoxy) is 1. The number of H-pyrrole nitrogens is 1. The second-order valence-corrected chi connectivity index (χ2v) is 14.4. The lowest BCUT2D eigenvalue weighted by atomic mass is 9.68. The highest BCUT2D eigenvalue weighted by Crippen LogP contribution is 2.68. The number of hydrogen-bond donors (Lipinski definition) is 2. The highest BCUT2D eigenvalue weighted by atomic mass is 35.5. The van der Waals surface area contributed by atoms with Crippen molar-refractivity contribution in [3.63, 3.8) is 0 Å². The summed E-state index contributed by atoms with van der Waals surface area (Å²) in [4.78, 5) is 58.1. The molecule has 1 aromatic heterocycles. The molecule has 0 spiro atoms. The predicted molar refractivity (Wildman–Crippen MR) is 169 cm³/mol. The maximum atomic E-state index is 13.9. The monoisotopic (exact) mass is 643 g/mol. The summed E-state index contributed by atoms with van der Waals surface area (Å²) in [6.45, 7) is -0.154.